The van der Waals surface area contributed by atoms with Gasteiger partial charge in [0.25, 0.3) is 0 Å². The number of ether oxygens (including phenoxy) is 1. The summed E-state index contributed by atoms with van der Waals surface area (Å²) in [6.45, 7) is 6.10. The van der Waals surface area contributed by atoms with Crippen LogP contribution >= 0.6 is 0 Å². The lowest BCUT2D eigenvalue weighted by Crippen LogP contribution is -2.38. The molecule has 2 N–H and O–H groups in total. The Labute approximate surface area is 172 Å². The van der Waals surface area contributed by atoms with Crippen molar-refractivity contribution in [3.05, 3.63) is 71.6 Å². The van der Waals surface area contributed by atoms with Crippen molar-refractivity contribution in [2.45, 2.75) is 26.8 Å². The molecule has 0 atom stereocenters. The van der Waals surface area contributed by atoms with Gasteiger partial charge in [-0.2, -0.15) is 0 Å². The molecule has 0 bridgehead atoms. The molecular formula is C23H28N4O2. The quantitative estimate of drug-likeness (QED) is 0.449. The number of aliphatic imine (C=N–C) groups is 1. The summed E-state index contributed by atoms with van der Waals surface area (Å²) in [5, 5.41) is 6.63. The Morgan fingerprint density at radius 3 is 2.72 bits per heavy atom. The molecule has 29 heavy (non-hydrogen) atoms. The van der Waals surface area contributed by atoms with E-state index >= 15 is 0 Å². The number of aryl methyl sites for hydroxylation is 1. The first-order valence-electron chi connectivity index (χ1n) is 9.85. The molecule has 0 amide bonds. The molecule has 0 radical (unpaired) electrons. The van der Waals surface area contributed by atoms with Crippen molar-refractivity contribution in [2.24, 2.45) is 4.99 Å². The SMILES string of the molecule is CCNC(=NCc1coc(-c2ccccc2)n1)NCCc1ccc(C)c(OC)c1. The van der Waals surface area contributed by atoms with E-state index in [2.05, 4.69) is 38.8 Å². The van der Waals surface area contributed by atoms with Gasteiger partial charge in [-0.05, 0) is 49.6 Å². The second kappa shape index (κ2) is 10.3. The number of nitrogens with zero attached hydrogens (tertiary/aromatic N) is 2. The van der Waals surface area contributed by atoms with Gasteiger partial charge in [0.05, 0.1) is 13.7 Å². The van der Waals surface area contributed by atoms with Gasteiger partial charge in [-0.3, -0.25) is 0 Å². The smallest absolute Gasteiger partial charge is 0.226 e. The number of aromatic nitrogens is 1. The molecule has 2 aromatic carbocycles. The highest BCUT2D eigenvalue weighted by atomic mass is 16.5. The van der Waals surface area contributed by atoms with Gasteiger partial charge in [-0.25, -0.2) is 9.98 Å². The molecule has 0 spiro atoms. The van der Waals surface area contributed by atoms with Crippen LogP contribution in [0.4, 0.5) is 0 Å². The normalized spacial score (nSPS) is 11.3. The summed E-state index contributed by atoms with van der Waals surface area (Å²) in [5.41, 5.74) is 4.12. The molecule has 0 unspecified atom stereocenters. The Morgan fingerprint density at radius 2 is 1.97 bits per heavy atom. The number of rotatable bonds is 8. The Bertz CT molecular complexity index is 935. The van der Waals surface area contributed by atoms with E-state index in [-0.39, 0.29) is 0 Å². The summed E-state index contributed by atoms with van der Waals surface area (Å²) >= 11 is 0. The third-order valence-electron chi connectivity index (χ3n) is 4.49. The van der Waals surface area contributed by atoms with E-state index in [1.54, 1.807) is 13.4 Å². The van der Waals surface area contributed by atoms with Gasteiger partial charge in [0, 0.05) is 18.7 Å². The maximum absolute atomic E-state index is 5.58. The number of oxazole rings is 1. The lowest BCUT2D eigenvalue weighted by molar-refractivity contribution is 0.411. The maximum Gasteiger partial charge on any atom is 0.226 e. The lowest BCUT2D eigenvalue weighted by atomic mass is 10.1. The Morgan fingerprint density at radius 1 is 1.14 bits per heavy atom. The first-order valence-corrected chi connectivity index (χ1v) is 9.85. The van der Waals surface area contributed by atoms with Crippen LogP contribution < -0.4 is 15.4 Å². The van der Waals surface area contributed by atoms with E-state index in [1.807, 2.05) is 44.2 Å². The first-order chi connectivity index (χ1) is 14.2. The van der Waals surface area contributed by atoms with Crippen LogP contribution in [0.3, 0.4) is 0 Å². The minimum Gasteiger partial charge on any atom is -0.496 e. The fourth-order valence-electron chi connectivity index (χ4n) is 2.94. The van der Waals surface area contributed by atoms with Crippen LogP contribution in [0.2, 0.25) is 0 Å². The third-order valence-corrected chi connectivity index (χ3v) is 4.49. The van der Waals surface area contributed by atoms with Crippen molar-refractivity contribution in [2.75, 3.05) is 20.2 Å². The molecule has 6 heteroatoms. The summed E-state index contributed by atoms with van der Waals surface area (Å²) in [7, 11) is 1.70. The van der Waals surface area contributed by atoms with Crippen LogP contribution in [0.1, 0.15) is 23.7 Å². The zero-order valence-electron chi connectivity index (χ0n) is 17.2. The minimum atomic E-state index is 0.448. The second-order valence-corrected chi connectivity index (χ2v) is 6.69. The number of guanidine groups is 1. The highest BCUT2D eigenvalue weighted by Gasteiger charge is 2.06. The Hall–Kier alpha value is -3.28. The molecule has 0 saturated heterocycles. The van der Waals surface area contributed by atoms with Gasteiger partial charge >= 0.3 is 0 Å². The van der Waals surface area contributed by atoms with E-state index in [0.717, 1.165) is 48.0 Å². The number of methoxy groups -OCH3 is 1. The zero-order valence-corrected chi connectivity index (χ0v) is 17.2. The van der Waals surface area contributed by atoms with Crippen molar-refractivity contribution < 1.29 is 9.15 Å². The van der Waals surface area contributed by atoms with Gasteiger partial charge < -0.3 is 19.8 Å². The molecular weight excluding hydrogens is 364 g/mol. The number of benzene rings is 2. The van der Waals surface area contributed by atoms with E-state index in [1.165, 1.54) is 5.56 Å². The molecule has 3 aromatic rings. The molecule has 152 valence electrons. The number of hydrogen-bond donors (Lipinski definition) is 2. The van der Waals surface area contributed by atoms with Crippen molar-refractivity contribution in [1.29, 1.82) is 0 Å². The molecule has 0 saturated carbocycles. The average Bonchev–Trinajstić information content (AvgIpc) is 3.23. The lowest BCUT2D eigenvalue weighted by Gasteiger charge is -2.12. The van der Waals surface area contributed by atoms with Crippen molar-refractivity contribution in [3.63, 3.8) is 0 Å². The van der Waals surface area contributed by atoms with Crippen LogP contribution in [-0.2, 0) is 13.0 Å². The number of hydrogen-bond acceptors (Lipinski definition) is 4. The summed E-state index contributed by atoms with van der Waals surface area (Å²) in [5.74, 6) is 2.29. The topological polar surface area (TPSA) is 71.7 Å². The molecule has 1 heterocycles. The van der Waals surface area contributed by atoms with Crippen LogP contribution in [-0.4, -0.2) is 31.1 Å². The molecule has 1 aromatic heterocycles. The predicted octanol–water partition coefficient (Wildman–Crippen LogP) is 3.96. The fourth-order valence-corrected chi connectivity index (χ4v) is 2.94. The van der Waals surface area contributed by atoms with Gasteiger partial charge in [0.1, 0.15) is 17.7 Å². The Balaban J connectivity index is 1.57. The van der Waals surface area contributed by atoms with Gasteiger partial charge in [-0.15, -0.1) is 0 Å². The van der Waals surface area contributed by atoms with Crippen molar-refractivity contribution >= 4 is 5.96 Å². The predicted molar refractivity (Wildman–Crippen MR) is 116 cm³/mol. The number of nitrogens with one attached hydrogen (secondary N) is 2. The standard InChI is InChI=1S/C23H28N4O2/c1-4-24-23(25-13-12-18-11-10-17(2)21(14-18)28-3)26-15-20-16-29-22(27-20)19-8-6-5-7-9-19/h5-11,14,16H,4,12-13,15H2,1-3H3,(H2,24,25,26). The van der Waals surface area contributed by atoms with Crippen LogP contribution in [0.5, 0.6) is 5.75 Å². The van der Waals surface area contributed by atoms with Gasteiger partial charge in [0.15, 0.2) is 5.96 Å². The second-order valence-electron chi connectivity index (χ2n) is 6.69. The monoisotopic (exact) mass is 392 g/mol. The minimum absolute atomic E-state index is 0.448. The fraction of sp³-hybridized carbons (Fsp3) is 0.304. The van der Waals surface area contributed by atoms with Gasteiger partial charge in [0.2, 0.25) is 5.89 Å². The molecule has 6 nitrogen and oxygen atoms in total. The summed E-state index contributed by atoms with van der Waals surface area (Å²) in [6, 6.07) is 16.2. The van der Waals surface area contributed by atoms with Crippen LogP contribution in [0.25, 0.3) is 11.5 Å². The molecule has 0 aliphatic carbocycles. The highest BCUT2D eigenvalue weighted by Crippen LogP contribution is 2.19. The van der Waals surface area contributed by atoms with E-state index in [9.17, 15) is 0 Å². The molecule has 0 aliphatic heterocycles. The summed E-state index contributed by atoms with van der Waals surface area (Å²) in [6.07, 6.45) is 2.54. The van der Waals surface area contributed by atoms with E-state index in [4.69, 9.17) is 9.15 Å². The van der Waals surface area contributed by atoms with Crippen LogP contribution in [0.15, 0.2) is 64.2 Å². The Kier molecular flexibility index (Phi) is 7.28. The highest BCUT2D eigenvalue weighted by molar-refractivity contribution is 5.79. The van der Waals surface area contributed by atoms with E-state index < -0.39 is 0 Å². The first kappa shape index (κ1) is 20.5. The summed E-state index contributed by atoms with van der Waals surface area (Å²) < 4.78 is 11.0. The molecule has 0 aliphatic rings. The van der Waals surface area contributed by atoms with Crippen molar-refractivity contribution in [3.8, 4) is 17.2 Å². The van der Waals surface area contributed by atoms with Crippen molar-refractivity contribution in [1.82, 2.24) is 15.6 Å². The maximum atomic E-state index is 5.58. The molecule has 3 rings (SSSR count). The summed E-state index contributed by atoms with van der Waals surface area (Å²) in [4.78, 5) is 9.14. The van der Waals surface area contributed by atoms with E-state index in [0.29, 0.717) is 12.4 Å². The average molecular weight is 393 g/mol. The van der Waals surface area contributed by atoms with Gasteiger partial charge in [-0.1, -0.05) is 30.3 Å². The third kappa shape index (κ3) is 5.85. The zero-order chi connectivity index (χ0) is 20.5. The largest absolute Gasteiger partial charge is 0.496 e. The van der Waals surface area contributed by atoms with Crippen LogP contribution in [0, 0.1) is 6.92 Å². The molecule has 0 fully saturated rings.